The number of rotatable bonds is 0. The van der Waals surface area contributed by atoms with Crippen LogP contribution in [-0.4, -0.2) is 16.1 Å². The molecule has 0 saturated carbocycles. The van der Waals surface area contributed by atoms with Crippen LogP contribution in [0.25, 0.3) is 0 Å². The van der Waals surface area contributed by atoms with Crippen molar-refractivity contribution in [3.05, 3.63) is 48.5 Å². The van der Waals surface area contributed by atoms with Crippen molar-refractivity contribution >= 4 is 36.9 Å². The monoisotopic (exact) mass is 294 g/mol. The second-order valence-corrected chi connectivity index (χ2v) is 15.6. The molecule has 0 unspecified atom stereocenters. The van der Waals surface area contributed by atoms with Crippen LogP contribution in [0.3, 0.4) is 0 Å². The van der Waals surface area contributed by atoms with Crippen LogP contribution in [0.1, 0.15) is 12.8 Å². The van der Waals surface area contributed by atoms with Crippen molar-refractivity contribution < 1.29 is 0 Å². The fourth-order valence-corrected chi connectivity index (χ4v) is 16.2. The second kappa shape index (κ2) is 4.18. The fourth-order valence-electron chi connectivity index (χ4n) is 4.70. The van der Waals surface area contributed by atoms with Gasteiger partial charge in [-0.2, -0.15) is 0 Å². The highest BCUT2D eigenvalue weighted by atomic mass is 28.3. The molecule has 2 aliphatic heterocycles. The smallest absolute Gasteiger partial charge is 0.0627 e. The van der Waals surface area contributed by atoms with E-state index in [0.717, 1.165) is 0 Å². The lowest BCUT2D eigenvalue weighted by molar-refractivity contribution is 0.935. The average molecular weight is 295 g/mol. The molecular weight excluding hydrogens is 272 g/mol. The first-order valence-corrected chi connectivity index (χ1v) is 13.3. The van der Waals surface area contributed by atoms with Crippen LogP contribution >= 0.6 is 0 Å². The Morgan fingerprint density at radius 1 is 0.650 bits per heavy atom. The van der Waals surface area contributed by atoms with E-state index in [4.69, 9.17) is 0 Å². The van der Waals surface area contributed by atoms with Gasteiger partial charge in [-0.3, -0.25) is 0 Å². The van der Waals surface area contributed by atoms with E-state index in [0.29, 0.717) is 0 Å². The normalized spacial score (nSPS) is 21.5. The van der Waals surface area contributed by atoms with Gasteiger partial charge in [0.05, 0.1) is 0 Å². The Morgan fingerprint density at radius 2 is 1.05 bits per heavy atom. The number of fused-ring (bicyclic) bond motifs is 4. The number of hydrogen-bond acceptors (Lipinski definition) is 0. The third kappa shape index (κ3) is 1.46. The molecule has 20 heavy (non-hydrogen) atoms. The van der Waals surface area contributed by atoms with Gasteiger partial charge < -0.3 is 0 Å². The van der Waals surface area contributed by atoms with E-state index in [-0.39, 0.29) is 0 Å². The summed E-state index contributed by atoms with van der Waals surface area (Å²) in [7, 11) is -2.91. The molecule has 2 aromatic carbocycles. The number of hydrogen-bond donors (Lipinski definition) is 0. The van der Waals surface area contributed by atoms with E-state index in [1.807, 2.05) is 0 Å². The van der Waals surface area contributed by atoms with Gasteiger partial charge >= 0.3 is 0 Å². The van der Waals surface area contributed by atoms with E-state index in [2.05, 4.69) is 61.6 Å². The summed E-state index contributed by atoms with van der Waals surface area (Å²) >= 11 is 0. The Balaban J connectivity index is 2.10. The molecule has 0 bridgehead atoms. The summed E-state index contributed by atoms with van der Waals surface area (Å²) < 4.78 is 0. The SMILES string of the molecule is C[Si]1(C)c2ccccc2[Si]2(CCCC2)c2ccccc21. The summed E-state index contributed by atoms with van der Waals surface area (Å²) in [6, 6.07) is 21.9. The molecule has 0 aromatic heterocycles. The number of benzene rings is 2. The Bertz CT molecular complexity index is 615. The van der Waals surface area contributed by atoms with Crippen molar-refractivity contribution in [3.63, 3.8) is 0 Å². The van der Waals surface area contributed by atoms with Crippen LogP contribution in [0.2, 0.25) is 25.2 Å². The van der Waals surface area contributed by atoms with Crippen molar-refractivity contribution in [1.82, 2.24) is 0 Å². The average Bonchev–Trinajstić information content (AvgIpc) is 2.97. The Hall–Kier alpha value is -1.13. The standard InChI is InChI=1S/C18H22Si2/c1-19(2)15-9-3-5-11-17(15)20(13-7-8-14-20)18-12-6-4-10-16(18)19/h3-6,9-12H,7-8,13-14H2,1-2H3. The Kier molecular flexibility index (Phi) is 2.64. The molecule has 0 amide bonds. The van der Waals surface area contributed by atoms with Gasteiger partial charge in [0, 0.05) is 0 Å². The maximum absolute atomic E-state index is 2.54. The van der Waals surface area contributed by atoms with Crippen LogP contribution in [0.5, 0.6) is 0 Å². The predicted molar refractivity (Wildman–Crippen MR) is 93.5 cm³/mol. The predicted octanol–water partition coefficient (Wildman–Crippen LogP) is 2.18. The first-order valence-electron chi connectivity index (χ1n) is 7.86. The molecule has 2 aliphatic rings. The fraction of sp³-hybridized carbons (Fsp3) is 0.333. The highest BCUT2D eigenvalue weighted by Gasteiger charge is 2.49. The molecule has 4 rings (SSSR count). The summed E-state index contributed by atoms with van der Waals surface area (Å²) in [5, 5.41) is 7.08. The third-order valence-electron chi connectivity index (χ3n) is 5.69. The maximum atomic E-state index is 2.54. The second-order valence-electron chi connectivity index (χ2n) is 7.01. The molecule has 2 heteroatoms. The Morgan fingerprint density at radius 3 is 1.50 bits per heavy atom. The summed E-state index contributed by atoms with van der Waals surface area (Å²) in [6.07, 6.45) is 2.88. The first-order chi connectivity index (χ1) is 9.66. The summed E-state index contributed by atoms with van der Waals surface area (Å²) in [4.78, 5) is 0. The van der Waals surface area contributed by atoms with Crippen LogP contribution < -0.4 is 20.7 Å². The summed E-state index contributed by atoms with van der Waals surface area (Å²) in [6.45, 7) is 5.09. The van der Waals surface area contributed by atoms with E-state index in [1.54, 1.807) is 20.7 Å². The lowest BCUT2D eigenvalue weighted by atomic mass is 10.3. The summed E-state index contributed by atoms with van der Waals surface area (Å²) in [5.41, 5.74) is 0. The van der Waals surface area contributed by atoms with E-state index >= 15 is 0 Å². The van der Waals surface area contributed by atoms with Gasteiger partial charge in [0.25, 0.3) is 0 Å². The molecular formula is C18H22Si2. The van der Waals surface area contributed by atoms with Crippen molar-refractivity contribution in [1.29, 1.82) is 0 Å². The molecule has 0 aliphatic carbocycles. The van der Waals surface area contributed by atoms with Gasteiger partial charge in [0.15, 0.2) is 0 Å². The molecule has 0 atom stereocenters. The van der Waals surface area contributed by atoms with E-state index in [9.17, 15) is 0 Å². The molecule has 1 saturated heterocycles. The quantitative estimate of drug-likeness (QED) is 0.653. The lowest BCUT2D eigenvalue weighted by Gasteiger charge is -2.43. The molecule has 0 nitrogen and oxygen atoms in total. The Labute approximate surface area is 123 Å². The summed E-state index contributed by atoms with van der Waals surface area (Å²) in [5.74, 6) is 0. The van der Waals surface area contributed by atoms with Crippen molar-refractivity contribution in [2.75, 3.05) is 0 Å². The molecule has 102 valence electrons. The highest BCUT2D eigenvalue weighted by molar-refractivity contribution is 7.17. The first kappa shape index (κ1) is 12.6. The van der Waals surface area contributed by atoms with Gasteiger partial charge in [-0.1, -0.05) is 95.2 Å². The van der Waals surface area contributed by atoms with Crippen LogP contribution in [0.15, 0.2) is 48.5 Å². The van der Waals surface area contributed by atoms with E-state index in [1.165, 1.54) is 24.9 Å². The van der Waals surface area contributed by atoms with Crippen LogP contribution in [0, 0.1) is 0 Å². The van der Waals surface area contributed by atoms with Crippen LogP contribution in [-0.2, 0) is 0 Å². The molecule has 1 fully saturated rings. The molecule has 0 radical (unpaired) electrons. The van der Waals surface area contributed by atoms with Gasteiger partial charge in [-0.05, 0) is 12.1 Å². The topological polar surface area (TPSA) is 0 Å². The molecule has 1 spiro atoms. The van der Waals surface area contributed by atoms with Crippen molar-refractivity contribution in [2.24, 2.45) is 0 Å². The minimum absolute atomic E-state index is 1.41. The maximum Gasteiger partial charge on any atom is 0.117 e. The van der Waals surface area contributed by atoms with Crippen molar-refractivity contribution in [3.8, 4) is 0 Å². The zero-order valence-electron chi connectivity index (χ0n) is 12.4. The zero-order chi connectivity index (χ0) is 13.8. The van der Waals surface area contributed by atoms with Crippen LogP contribution in [0.4, 0.5) is 0 Å². The highest BCUT2D eigenvalue weighted by Crippen LogP contribution is 2.31. The molecule has 0 N–H and O–H groups in total. The molecule has 2 heterocycles. The van der Waals surface area contributed by atoms with Gasteiger partial charge in [0.2, 0.25) is 0 Å². The minimum atomic E-state index is -1.49. The minimum Gasteiger partial charge on any atom is -0.0627 e. The van der Waals surface area contributed by atoms with Gasteiger partial charge in [0.1, 0.15) is 16.1 Å². The zero-order valence-corrected chi connectivity index (χ0v) is 14.4. The van der Waals surface area contributed by atoms with Gasteiger partial charge in [-0.15, -0.1) is 0 Å². The van der Waals surface area contributed by atoms with E-state index < -0.39 is 16.1 Å². The molecule has 2 aromatic rings. The van der Waals surface area contributed by atoms with Crippen molar-refractivity contribution in [2.45, 2.75) is 38.0 Å². The lowest BCUT2D eigenvalue weighted by Crippen LogP contribution is -2.78. The third-order valence-corrected chi connectivity index (χ3v) is 15.1. The van der Waals surface area contributed by atoms with Gasteiger partial charge in [-0.25, -0.2) is 0 Å². The largest absolute Gasteiger partial charge is 0.117 e.